The van der Waals surface area contributed by atoms with Crippen LogP contribution in [-0.4, -0.2) is 51.0 Å². The Morgan fingerprint density at radius 1 is 1.14 bits per heavy atom. The summed E-state index contributed by atoms with van der Waals surface area (Å²) in [5, 5.41) is 2.08. The molecule has 2 N–H and O–H groups in total. The SMILES string of the molecule is CN(C)S(=O)(=O)N1C=NC(C2CC2)(S(=O)(=O)NCc2ccc3ccccc3c2)N1. The van der Waals surface area contributed by atoms with Crippen LogP contribution in [0.15, 0.2) is 47.5 Å². The van der Waals surface area contributed by atoms with Crippen molar-refractivity contribution in [2.24, 2.45) is 10.9 Å². The maximum absolute atomic E-state index is 13.2. The van der Waals surface area contributed by atoms with Gasteiger partial charge in [-0.25, -0.2) is 18.1 Å². The van der Waals surface area contributed by atoms with Crippen LogP contribution in [0.1, 0.15) is 18.4 Å². The molecule has 9 nitrogen and oxygen atoms in total. The van der Waals surface area contributed by atoms with E-state index in [9.17, 15) is 16.8 Å². The molecule has 1 fully saturated rings. The lowest BCUT2D eigenvalue weighted by molar-refractivity contribution is 0.319. The highest BCUT2D eigenvalue weighted by molar-refractivity contribution is 7.91. The Morgan fingerprint density at radius 3 is 2.48 bits per heavy atom. The molecule has 1 heterocycles. The highest BCUT2D eigenvalue weighted by atomic mass is 32.2. The number of fused-ring (bicyclic) bond motifs is 1. The fourth-order valence-electron chi connectivity index (χ4n) is 3.30. The summed E-state index contributed by atoms with van der Waals surface area (Å²) in [5.41, 5.74) is 3.43. The zero-order valence-electron chi connectivity index (χ0n) is 16.1. The van der Waals surface area contributed by atoms with Crippen molar-refractivity contribution in [3.63, 3.8) is 0 Å². The second-order valence-electron chi connectivity index (χ2n) is 7.42. The Hall–Kier alpha value is -2.05. The summed E-state index contributed by atoms with van der Waals surface area (Å²) in [6.07, 6.45) is 2.33. The van der Waals surface area contributed by atoms with Crippen molar-refractivity contribution in [2.45, 2.75) is 24.4 Å². The van der Waals surface area contributed by atoms with Crippen LogP contribution in [0.4, 0.5) is 0 Å². The van der Waals surface area contributed by atoms with Gasteiger partial charge in [-0.15, -0.1) is 0 Å². The molecular formula is C18H23N5O4S2. The first-order valence-corrected chi connectivity index (χ1v) is 12.1. The van der Waals surface area contributed by atoms with Crippen LogP contribution in [0, 0.1) is 5.92 Å². The van der Waals surface area contributed by atoms with E-state index in [0.717, 1.165) is 31.4 Å². The van der Waals surface area contributed by atoms with E-state index in [4.69, 9.17) is 0 Å². The smallest absolute Gasteiger partial charge is 0.232 e. The summed E-state index contributed by atoms with van der Waals surface area (Å²) in [4.78, 5) is 2.40. The number of sulfonamides is 1. The molecule has 0 spiro atoms. The summed E-state index contributed by atoms with van der Waals surface area (Å²) in [5.74, 6) is -0.296. The van der Waals surface area contributed by atoms with Gasteiger partial charge in [-0.2, -0.15) is 22.6 Å². The number of benzene rings is 2. The molecule has 1 unspecified atom stereocenters. The minimum atomic E-state index is -4.01. The van der Waals surface area contributed by atoms with Crippen LogP contribution >= 0.6 is 0 Å². The van der Waals surface area contributed by atoms with E-state index in [2.05, 4.69) is 15.1 Å². The van der Waals surface area contributed by atoms with Crippen molar-refractivity contribution in [2.75, 3.05) is 14.1 Å². The van der Waals surface area contributed by atoms with E-state index < -0.39 is 25.2 Å². The normalized spacial score (nSPS) is 22.7. The second kappa shape index (κ2) is 7.03. The fourth-order valence-corrected chi connectivity index (χ4v) is 5.79. The molecule has 0 amide bonds. The molecule has 0 saturated heterocycles. The molecule has 0 bridgehead atoms. The summed E-state index contributed by atoms with van der Waals surface area (Å²) >= 11 is 0. The van der Waals surface area contributed by atoms with Gasteiger partial charge in [0.2, 0.25) is 4.99 Å². The highest BCUT2D eigenvalue weighted by Crippen LogP contribution is 2.45. The van der Waals surface area contributed by atoms with Crippen LogP contribution in [0.25, 0.3) is 10.8 Å². The lowest BCUT2D eigenvalue weighted by Crippen LogP contribution is -2.59. The molecule has 0 radical (unpaired) electrons. The number of rotatable bonds is 7. The second-order valence-corrected chi connectivity index (χ2v) is 11.4. The van der Waals surface area contributed by atoms with Gasteiger partial charge in [0.1, 0.15) is 6.34 Å². The maximum atomic E-state index is 13.2. The Kier molecular flexibility index (Phi) is 4.90. The Labute approximate surface area is 170 Å². The van der Waals surface area contributed by atoms with Crippen molar-refractivity contribution < 1.29 is 16.8 Å². The average molecular weight is 438 g/mol. The van der Waals surface area contributed by atoms with Crippen molar-refractivity contribution in [3.8, 4) is 0 Å². The van der Waals surface area contributed by atoms with Gasteiger partial charge in [0.25, 0.3) is 10.0 Å². The molecule has 2 aromatic carbocycles. The first-order chi connectivity index (χ1) is 13.7. The quantitative estimate of drug-likeness (QED) is 0.671. The first kappa shape index (κ1) is 20.2. The number of nitrogens with zero attached hydrogens (tertiary/aromatic N) is 3. The molecule has 29 heavy (non-hydrogen) atoms. The third-order valence-electron chi connectivity index (χ3n) is 5.16. The highest BCUT2D eigenvalue weighted by Gasteiger charge is 2.59. The molecule has 11 heteroatoms. The van der Waals surface area contributed by atoms with Gasteiger partial charge >= 0.3 is 10.2 Å². The summed E-state index contributed by atoms with van der Waals surface area (Å²) < 4.78 is 55.5. The predicted octanol–water partition coefficient (Wildman–Crippen LogP) is 0.978. The summed E-state index contributed by atoms with van der Waals surface area (Å²) in [7, 11) is -5.16. The lowest BCUT2D eigenvalue weighted by atomic mass is 10.1. The van der Waals surface area contributed by atoms with Crippen LogP contribution in [-0.2, 0) is 26.8 Å². The minimum absolute atomic E-state index is 0.0826. The minimum Gasteiger partial charge on any atom is -0.232 e. The number of hydrazine groups is 1. The number of hydrogen-bond donors (Lipinski definition) is 2. The van der Waals surface area contributed by atoms with E-state index in [1.54, 1.807) is 0 Å². The molecule has 4 rings (SSSR count). The van der Waals surface area contributed by atoms with Crippen LogP contribution in [0.3, 0.4) is 0 Å². The largest absolute Gasteiger partial charge is 0.318 e. The molecular weight excluding hydrogens is 414 g/mol. The van der Waals surface area contributed by atoms with E-state index in [0.29, 0.717) is 12.8 Å². The molecule has 156 valence electrons. The molecule has 1 aliphatic heterocycles. The van der Waals surface area contributed by atoms with E-state index in [-0.39, 0.29) is 12.5 Å². The molecule has 1 aliphatic carbocycles. The van der Waals surface area contributed by atoms with Gasteiger partial charge in [0.15, 0.2) is 0 Å². The van der Waals surface area contributed by atoms with Gasteiger partial charge in [-0.1, -0.05) is 36.4 Å². The van der Waals surface area contributed by atoms with Gasteiger partial charge < -0.3 is 0 Å². The van der Waals surface area contributed by atoms with E-state index in [1.807, 2.05) is 42.5 Å². The number of aliphatic imine (C=N–C) groups is 1. The monoisotopic (exact) mass is 437 g/mol. The third-order valence-corrected chi connectivity index (χ3v) is 8.63. The van der Waals surface area contributed by atoms with Crippen molar-refractivity contribution in [1.29, 1.82) is 0 Å². The van der Waals surface area contributed by atoms with Crippen LogP contribution < -0.4 is 10.1 Å². The Morgan fingerprint density at radius 2 is 1.83 bits per heavy atom. The zero-order chi connectivity index (χ0) is 20.9. The maximum Gasteiger partial charge on any atom is 0.318 e. The predicted molar refractivity (Wildman–Crippen MR) is 111 cm³/mol. The van der Waals surface area contributed by atoms with Crippen molar-refractivity contribution in [1.82, 2.24) is 18.9 Å². The number of nitrogens with one attached hydrogen (secondary N) is 2. The summed E-state index contributed by atoms with van der Waals surface area (Å²) in [6.45, 7) is 0.0826. The van der Waals surface area contributed by atoms with Gasteiger partial charge in [0.05, 0.1) is 0 Å². The zero-order valence-corrected chi connectivity index (χ0v) is 17.7. The molecule has 1 atom stereocenters. The van der Waals surface area contributed by atoms with Crippen molar-refractivity contribution in [3.05, 3.63) is 48.0 Å². The van der Waals surface area contributed by atoms with E-state index in [1.165, 1.54) is 14.1 Å². The first-order valence-electron chi connectivity index (χ1n) is 9.18. The standard InChI is InChI=1S/C18H23N5O4S2/c1-22(2)29(26,27)23-13-19-18(21-23,17-9-10-17)28(24,25)20-12-14-7-8-15-5-3-4-6-16(15)11-14/h3-8,11,13,17,20-21H,9-10,12H2,1-2H3. The van der Waals surface area contributed by atoms with Gasteiger partial charge in [-0.3, -0.25) is 0 Å². The van der Waals surface area contributed by atoms with Crippen molar-refractivity contribution >= 4 is 37.3 Å². The fraction of sp³-hybridized carbons (Fsp3) is 0.389. The number of hydrogen-bond acceptors (Lipinski definition) is 6. The van der Waals surface area contributed by atoms with Gasteiger partial charge in [0, 0.05) is 26.6 Å². The molecule has 0 aromatic heterocycles. The Balaban J connectivity index is 1.57. The third kappa shape index (κ3) is 3.53. The summed E-state index contributed by atoms with van der Waals surface area (Å²) in [6, 6.07) is 13.6. The topological polar surface area (TPSA) is 111 Å². The van der Waals surface area contributed by atoms with Crippen LogP contribution in [0.2, 0.25) is 0 Å². The van der Waals surface area contributed by atoms with Gasteiger partial charge in [-0.05, 0) is 35.2 Å². The van der Waals surface area contributed by atoms with Crippen LogP contribution in [0.5, 0.6) is 0 Å². The lowest BCUT2D eigenvalue weighted by Gasteiger charge is -2.29. The average Bonchev–Trinajstić information content (AvgIpc) is 3.44. The molecule has 2 aliphatic rings. The van der Waals surface area contributed by atoms with E-state index >= 15 is 0 Å². The molecule has 1 saturated carbocycles. The molecule has 2 aromatic rings. The Bertz CT molecular complexity index is 1180.